The maximum absolute atomic E-state index is 11.4. The predicted octanol–water partition coefficient (Wildman–Crippen LogP) is 0.722. The molecular weight excluding hydrogens is 224 g/mol. The van der Waals surface area contributed by atoms with Gasteiger partial charge in [-0.3, -0.25) is 10.1 Å². The lowest BCUT2D eigenvalue weighted by molar-refractivity contribution is -0.105. The molecule has 1 rings (SSSR count). The molecule has 1 aromatic rings. The van der Waals surface area contributed by atoms with Gasteiger partial charge < -0.3 is 9.64 Å². The smallest absolute Gasteiger partial charge is 0.391 e. The summed E-state index contributed by atoms with van der Waals surface area (Å²) >= 11 is 0. The Balaban J connectivity index is 3.05. The monoisotopic (exact) mass is 238 g/mol. The molecular formula is C10H14N4O3. The third-order valence-electron chi connectivity index (χ3n) is 2.08. The molecule has 2 amide bonds. The molecule has 0 aromatic carbocycles. The number of hydrogen-bond acceptors (Lipinski definition) is 5. The normalized spacial score (nSPS) is 9.65. The second-order valence-corrected chi connectivity index (χ2v) is 3.59. The first-order valence-electron chi connectivity index (χ1n) is 4.90. The van der Waals surface area contributed by atoms with Crippen LogP contribution in [0.4, 0.5) is 10.7 Å². The largest absolute Gasteiger partial charge is 0.416 e. The van der Waals surface area contributed by atoms with Crippen molar-refractivity contribution in [1.82, 2.24) is 14.9 Å². The molecule has 0 aliphatic carbocycles. The van der Waals surface area contributed by atoms with Crippen molar-refractivity contribution in [2.45, 2.75) is 13.8 Å². The molecule has 0 radical (unpaired) electrons. The number of aryl methyl sites for hydroxylation is 1. The summed E-state index contributed by atoms with van der Waals surface area (Å²) in [7, 11) is 3.13. The van der Waals surface area contributed by atoms with Gasteiger partial charge in [0.25, 0.3) is 0 Å². The van der Waals surface area contributed by atoms with Crippen LogP contribution in [0.5, 0.6) is 5.88 Å². The summed E-state index contributed by atoms with van der Waals surface area (Å²) < 4.78 is 5.05. The molecule has 7 heteroatoms. The fourth-order valence-electron chi connectivity index (χ4n) is 0.993. The van der Waals surface area contributed by atoms with E-state index in [0.717, 1.165) is 0 Å². The second-order valence-electron chi connectivity index (χ2n) is 3.59. The lowest BCUT2D eigenvalue weighted by Crippen LogP contribution is -2.26. The molecule has 1 aromatic heterocycles. The molecule has 0 fully saturated rings. The number of anilines is 1. The van der Waals surface area contributed by atoms with Crippen molar-refractivity contribution in [2.75, 3.05) is 19.4 Å². The van der Waals surface area contributed by atoms with Crippen molar-refractivity contribution in [3.63, 3.8) is 0 Å². The summed E-state index contributed by atoms with van der Waals surface area (Å²) in [5, 5.41) is 2.31. The third-order valence-corrected chi connectivity index (χ3v) is 2.08. The second kappa shape index (κ2) is 5.24. The van der Waals surface area contributed by atoms with Gasteiger partial charge in [0.1, 0.15) is 0 Å². The van der Waals surface area contributed by atoms with Gasteiger partial charge in [-0.1, -0.05) is 0 Å². The molecule has 0 bridgehead atoms. The Hall–Kier alpha value is -2.18. The standard InChI is InChI=1S/C10H14N4O3/c1-6-7(2)12-9(11-5-15)13-8(6)17-10(16)14(3)4/h5H,1-4H3,(H,11,12,13,15). The zero-order valence-electron chi connectivity index (χ0n) is 10.1. The van der Waals surface area contributed by atoms with Crippen molar-refractivity contribution >= 4 is 18.5 Å². The van der Waals surface area contributed by atoms with Crippen LogP contribution in [0.2, 0.25) is 0 Å². The molecule has 0 atom stereocenters. The highest BCUT2D eigenvalue weighted by Gasteiger charge is 2.14. The van der Waals surface area contributed by atoms with Crippen molar-refractivity contribution in [3.8, 4) is 5.88 Å². The summed E-state index contributed by atoms with van der Waals surface area (Å²) in [6.45, 7) is 3.47. The van der Waals surface area contributed by atoms with Crippen LogP contribution in [0.15, 0.2) is 0 Å². The minimum Gasteiger partial charge on any atom is -0.391 e. The number of carbonyl (C=O) groups is 2. The van der Waals surface area contributed by atoms with E-state index in [9.17, 15) is 9.59 Å². The molecule has 1 heterocycles. The van der Waals surface area contributed by atoms with Gasteiger partial charge in [0.15, 0.2) is 0 Å². The van der Waals surface area contributed by atoms with Crippen LogP contribution in [0, 0.1) is 13.8 Å². The Morgan fingerprint density at radius 1 is 1.35 bits per heavy atom. The molecule has 0 saturated heterocycles. The molecule has 92 valence electrons. The number of ether oxygens (including phenoxy) is 1. The Morgan fingerprint density at radius 3 is 2.53 bits per heavy atom. The van der Waals surface area contributed by atoms with E-state index in [4.69, 9.17) is 4.74 Å². The molecule has 1 N–H and O–H groups in total. The van der Waals surface area contributed by atoms with E-state index in [-0.39, 0.29) is 11.8 Å². The average Bonchev–Trinajstić information content (AvgIpc) is 2.25. The number of nitrogens with one attached hydrogen (secondary N) is 1. The maximum Gasteiger partial charge on any atom is 0.416 e. The number of rotatable bonds is 3. The van der Waals surface area contributed by atoms with Gasteiger partial charge in [-0.15, -0.1) is 0 Å². The Labute approximate surface area is 98.8 Å². The summed E-state index contributed by atoms with van der Waals surface area (Å²) in [6, 6.07) is 0. The lowest BCUT2D eigenvalue weighted by atomic mass is 10.2. The Bertz CT molecular complexity index is 445. The Kier molecular flexibility index (Phi) is 3.97. The van der Waals surface area contributed by atoms with Crippen molar-refractivity contribution in [1.29, 1.82) is 0 Å². The molecule has 0 unspecified atom stereocenters. The first kappa shape index (κ1) is 12.9. The number of nitrogens with zero attached hydrogens (tertiary/aromatic N) is 3. The van der Waals surface area contributed by atoms with E-state index >= 15 is 0 Å². The van der Waals surface area contributed by atoms with Gasteiger partial charge in [0, 0.05) is 25.4 Å². The fourth-order valence-corrected chi connectivity index (χ4v) is 0.993. The van der Waals surface area contributed by atoms with Gasteiger partial charge in [-0.25, -0.2) is 9.78 Å². The third kappa shape index (κ3) is 3.13. The van der Waals surface area contributed by atoms with E-state index in [2.05, 4.69) is 15.3 Å². The van der Waals surface area contributed by atoms with Crippen molar-refractivity contribution in [2.24, 2.45) is 0 Å². The first-order chi connectivity index (χ1) is 7.95. The van der Waals surface area contributed by atoms with E-state index in [1.165, 1.54) is 4.90 Å². The molecule has 0 aliphatic heterocycles. The van der Waals surface area contributed by atoms with Crippen molar-refractivity contribution < 1.29 is 14.3 Å². The average molecular weight is 238 g/mol. The molecule has 0 saturated carbocycles. The van der Waals surface area contributed by atoms with Gasteiger partial charge in [0.2, 0.25) is 18.2 Å². The number of hydrogen-bond donors (Lipinski definition) is 1. The van der Waals surface area contributed by atoms with Gasteiger partial charge in [-0.05, 0) is 13.8 Å². The van der Waals surface area contributed by atoms with Crippen LogP contribution in [-0.2, 0) is 4.79 Å². The number of amides is 2. The first-order valence-corrected chi connectivity index (χ1v) is 4.90. The molecule has 0 aliphatic rings. The zero-order valence-corrected chi connectivity index (χ0v) is 10.1. The van der Waals surface area contributed by atoms with Crippen LogP contribution in [0.25, 0.3) is 0 Å². The summed E-state index contributed by atoms with van der Waals surface area (Å²) in [6.07, 6.45) is -0.0787. The summed E-state index contributed by atoms with van der Waals surface area (Å²) in [4.78, 5) is 30.9. The highest BCUT2D eigenvalue weighted by atomic mass is 16.6. The highest BCUT2D eigenvalue weighted by molar-refractivity contribution is 5.71. The Morgan fingerprint density at radius 2 is 2.00 bits per heavy atom. The van der Waals surface area contributed by atoms with Crippen LogP contribution >= 0.6 is 0 Å². The molecule has 0 spiro atoms. The van der Waals surface area contributed by atoms with E-state index in [1.807, 2.05) is 0 Å². The minimum atomic E-state index is -0.539. The van der Waals surface area contributed by atoms with Gasteiger partial charge >= 0.3 is 6.09 Å². The van der Waals surface area contributed by atoms with E-state index in [1.54, 1.807) is 27.9 Å². The quantitative estimate of drug-likeness (QED) is 0.784. The van der Waals surface area contributed by atoms with Crippen LogP contribution in [0.1, 0.15) is 11.3 Å². The van der Waals surface area contributed by atoms with E-state index < -0.39 is 6.09 Å². The van der Waals surface area contributed by atoms with E-state index in [0.29, 0.717) is 17.7 Å². The maximum atomic E-state index is 11.4. The molecule has 7 nitrogen and oxygen atoms in total. The van der Waals surface area contributed by atoms with Gasteiger partial charge in [-0.2, -0.15) is 4.98 Å². The number of aromatic nitrogens is 2. The number of carbonyl (C=O) groups excluding carboxylic acids is 2. The van der Waals surface area contributed by atoms with Crippen LogP contribution < -0.4 is 10.1 Å². The van der Waals surface area contributed by atoms with Crippen molar-refractivity contribution in [3.05, 3.63) is 11.3 Å². The zero-order chi connectivity index (χ0) is 13.0. The SMILES string of the molecule is Cc1nc(NC=O)nc(OC(=O)N(C)C)c1C. The summed E-state index contributed by atoms with van der Waals surface area (Å²) in [5.41, 5.74) is 1.28. The summed E-state index contributed by atoms with van der Waals surface area (Å²) in [5.74, 6) is 0.241. The highest BCUT2D eigenvalue weighted by Crippen LogP contribution is 2.19. The van der Waals surface area contributed by atoms with Crippen LogP contribution in [0.3, 0.4) is 0 Å². The molecule has 17 heavy (non-hydrogen) atoms. The predicted molar refractivity (Wildman–Crippen MR) is 60.9 cm³/mol. The fraction of sp³-hybridized carbons (Fsp3) is 0.400. The lowest BCUT2D eigenvalue weighted by Gasteiger charge is -2.13. The topological polar surface area (TPSA) is 84.4 Å². The van der Waals surface area contributed by atoms with Gasteiger partial charge in [0.05, 0.1) is 0 Å². The minimum absolute atomic E-state index is 0.102. The van der Waals surface area contributed by atoms with Crippen LogP contribution in [-0.4, -0.2) is 41.5 Å².